The van der Waals surface area contributed by atoms with Gasteiger partial charge in [-0.2, -0.15) is 0 Å². The van der Waals surface area contributed by atoms with Gasteiger partial charge in [0.1, 0.15) is 5.75 Å². The zero-order chi connectivity index (χ0) is 22.3. The molecular formula is C25H33Cl2NOZr. The first-order chi connectivity index (χ1) is 14.2. The second kappa shape index (κ2) is 11.8. The van der Waals surface area contributed by atoms with E-state index in [4.69, 9.17) is 22.0 Å². The quantitative estimate of drug-likeness (QED) is 0.409. The Balaban J connectivity index is 0.00000101. The zero-order valence-corrected chi connectivity index (χ0v) is 22.6. The van der Waals surface area contributed by atoms with E-state index in [-0.39, 0.29) is 5.41 Å². The Labute approximate surface area is 200 Å². The number of aliphatic imine (C=N–C) groups is 1. The van der Waals surface area contributed by atoms with Crippen LogP contribution in [-0.4, -0.2) is 17.4 Å². The van der Waals surface area contributed by atoms with Gasteiger partial charge in [-0.25, -0.2) is 0 Å². The van der Waals surface area contributed by atoms with E-state index < -0.39 is 20.8 Å². The summed E-state index contributed by atoms with van der Waals surface area (Å²) in [4.78, 5) is 4.90. The number of phenolic OH excluding ortho intramolecular Hbond substituents is 1. The number of hydrogen-bond donors (Lipinski definition) is 1. The summed E-state index contributed by atoms with van der Waals surface area (Å²) < 4.78 is 0. The molecule has 0 heterocycles. The maximum atomic E-state index is 11.1. The summed E-state index contributed by atoms with van der Waals surface area (Å²) in [5.74, 6) is 1.68. The topological polar surface area (TPSA) is 32.6 Å². The van der Waals surface area contributed by atoms with E-state index in [0.29, 0.717) is 17.7 Å². The molecule has 0 aromatic heterocycles. The van der Waals surface area contributed by atoms with Crippen LogP contribution in [0.2, 0.25) is 0 Å². The molecule has 1 fully saturated rings. The Bertz CT molecular complexity index is 839. The first-order valence-corrected chi connectivity index (χ1v) is 16.9. The number of rotatable bonds is 4. The van der Waals surface area contributed by atoms with Crippen molar-refractivity contribution in [1.29, 1.82) is 0 Å². The summed E-state index contributed by atoms with van der Waals surface area (Å²) in [7, 11) is 9.87. The molecule has 1 aliphatic rings. The van der Waals surface area contributed by atoms with Crippen LogP contribution < -0.4 is 0 Å². The van der Waals surface area contributed by atoms with Crippen LogP contribution in [0, 0.1) is 18.8 Å². The molecule has 0 amide bonds. The summed E-state index contributed by atoms with van der Waals surface area (Å²) in [5, 5.41) is 11.1. The van der Waals surface area contributed by atoms with Crippen LogP contribution in [0.15, 0.2) is 47.5 Å². The first-order valence-electron chi connectivity index (χ1n) is 10.6. The molecule has 0 spiro atoms. The monoisotopic (exact) mass is 523 g/mol. The Kier molecular flexibility index (Phi) is 10.1. The normalized spacial score (nSPS) is 21.8. The zero-order valence-electron chi connectivity index (χ0n) is 18.6. The van der Waals surface area contributed by atoms with Crippen LogP contribution in [-0.2, 0) is 26.3 Å². The number of aromatic hydroxyl groups is 1. The molecule has 0 bridgehead atoms. The van der Waals surface area contributed by atoms with Gasteiger partial charge in [0.2, 0.25) is 0 Å². The summed E-state index contributed by atoms with van der Waals surface area (Å²) in [6, 6.07) is 14.9. The van der Waals surface area contributed by atoms with Gasteiger partial charge in [-0.1, -0.05) is 76.9 Å². The van der Waals surface area contributed by atoms with Crippen LogP contribution in [0.4, 0.5) is 0 Å². The van der Waals surface area contributed by atoms with Crippen molar-refractivity contribution in [3.05, 3.63) is 64.7 Å². The number of nitrogens with zero attached hydrogens (tertiary/aromatic N) is 1. The van der Waals surface area contributed by atoms with Crippen molar-refractivity contribution >= 4 is 23.2 Å². The third-order valence-electron chi connectivity index (χ3n) is 6.52. The van der Waals surface area contributed by atoms with E-state index in [1.54, 1.807) is 0 Å². The number of benzene rings is 2. The fraction of sp³-hybridized carbons (Fsp3) is 0.480. The van der Waals surface area contributed by atoms with Gasteiger partial charge in [-0.05, 0) is 42.4 Å². The average Bonchev–Trinajstić information content (AvgIpc) is 2.72. The molecule has 3 atom stereocenters. The van der Waals surface area contributed by atoms with Crippen molar-refractivity contribution < 1.29 is 26.0 Å². The standard InChI is InChI=1S/C25H33NO.2ClH.Zr/c1-17-14-20(16-26-23-13-9-10-18(2)19(23)3)24(27)22(15-17)25(4,5)21-11-7-6-8-12-21;;;/h6-8,11-12,14-16,18-19,23,27H,9-10,13H2,1-5H3;2*1H;/q;;;+2/p-2. The predicted molar refractivity (Wildman–Crippen MR) is 127 cm³/mol. The van der Waals surface area contributed by atoms with Gasteiger partial charge in [0.15, 0.2) is 0 Å². The summed E-state index contributed by atoms with van der Waals surface area (Å²) in [6.45, 7) is 11.1. The van der Waals surface area contributed by atoms with Crippen LogP contribution in [0.5, 0.6) is 5.75 Å². The molecule has 1 N–H and O–H groups in total. The minimum atomic E-state index is -0.826. The van der Waals surface area contributed by atoms with Gasteiger partial charge in [-0.15, -0.1) is 0 Å². The van der Waals surface area contributed by atoms with E-state index in [2.05, 4.69) is 65.0 Å². The Morgan fingerprint density at radius 1 is 1.10 bits per heavy atom. The number of aryl methyl sites for hydroxylation is 1. The Morgan fingerprint density at radius 2 is 1.73 bits per heavy atom. The molecule has 2 nitrogen and oxygen atoms in total. The SMILES string of the molecule is Cc1cc(C=NC2CCCC(C)C2C)c(O)c(C(C)(C)c2ccccc2)c1.[Cl][Zr][Cl]. The van der Waals surface area contributed by atoms with Gasteiger partial charge in [0.25, 0.3) is 0 Å². The Morgan fingerprint density at radius 3 is 2.37 bits per heavy atom. The fourth-order valence-electron chi connectivity index (χ4n) is 4.33. The van der Waals surface area contributed by atoms with Crippen LogP contribution in [0.25, 0.3) is 0 Å². The molecule has 0 aliphatic heterocycles. The second-order valence-corrected chi connectivity index (χ2v) is 12.7. The average molecular weight is 526 g/mol. The summed E-state index contributed by atoms with van der Waals surface area (Å²) >= 11 is -0.826. The van der Waals surface area contributed by atoms with E-state index in [9.17, 15) is 5.11 Å². The molecule has 3 unspecified atom stereocenters. The molecule has 1 aliphatic carbocycles. The van der Waals surface area contributed by atoms with Gasteiger partial charge in [-0.3, -0.25) is 4.99 Å². The van der Waals surface area contributed by atoms with E-state index in [0.717, 1.165) is 29.0 Å². The molecule has 162 valence electrons. The summed E-state index contributed by atoms with van der Waals surface area (Å²) in [6.07, 6.45) is 5.61. The molecular weight excluding hydrogens is 492 g/mol. The predicted octanol–water partition coefficient (Wildman–Crippen LogP) is 7.65. The molecule has 5 heteroatoms. The molecule has 3 rings (SSSR count). The second-order valence-electron chi connectivity index (χ2n) is 8.93. The van der Waals surface area contributed by atoms with Gasteiger partial charge >= 0.3 is 37.9 Å². The van der Waals surface area contributed by atoms with E-state index >= 15 is 0 Å². The van der Waals surface area contributed by atoms with Crippen molar-refractivity contribution in [3.8, 4) is 5.75 Å². The number of halogens is 2. The molecule has 2 aromatic carbocycles. The number of hydrogen-bond acceptors (Lipinski definition) is 2. The number of phenols is 1. The van der Waals surface area contributed by atoms with E-state index in [1.807, 2.05) is 18.3 Å². The fourth-order valence-corrected chi connectivity index (χ4v) is 4.33. The van der Waals surface area contributed by atoms with Crippen molar-refractivity contribution in [3.63, 3.8) is 0 Å². The molecule has 2 aromatic rings. The van der Waals surface area contributed by atoms with Crippen molar-refractivity contribution in [2.24, 2.45) is 16.8 Å². The van der Waals surface area contributed by atoms with Gasteiger partial charge < -0.3 is 5.11 Å². The van der Waals surface area contributed by atoms with Crippen molar-refractivity contribution in [2.75, 3.05) is 0 Å². The van der Waals surface area contributed by atoms with E-state index in [1.165, 1.54) is 18.4 Å². The molecule has 30 heavy (non-hydrogen) atoms. The summed E-state index contributed by atoms with van der Waals surface area (Å²) in [5.41, 5.74) is 3.87. The van der Waals surface area contributed by atoms with Crippen molar-refractivity contribution in [2.45, 2.75) is 65.3 Å². The minimum absolute atomic E-state index is 0.271. The molecule has 0 radical (unpaired) electrons. The van der Waals surface area contributed by atoms with Crippen molar-refractivity contribution in [1.82, 2.24) is 0 Å². The van der Waals surface area contributed by atoms with Crippen LogP contribution in [0.1, 0.15) is 69.2 Å². The first kappa shape index (κ1) is 25.6. The maximum absolute atomic E-state index is 11.1. The third kappa shape index (κ3) is 6.44. The molecule has 0 saturated heterocycles. The van der Waals surface area contributed by atoms with Gasteiger partial charge in [0.05, 0.1) is 6.04 Å². The molecule has 1 saturated carbocycles. The Hall–Kier alpha value is -0.627. The third-order valence-corrected chi connectivity index (χ3v) is 6.52. The van der Waals surface area contributed by atoms with Gasteiger partial charge in [0, 0.05) is 22.8 Å². The van der Waals surface area contributed by atoms with Crippen LogP contribution >= 0.6 is 17.0 Å². The van der Waals surface area contributed by atoms with Crippen LogP contribution in [0.3, 0.4) is 0 Å².